The number of benzene rings is 7. The number of rotatable bonds is 10. The molecular weight excluding hydrogens is 593 g/mol. The topological polar surface area (TPSA) is 6.48 Å². The third-order valence-corrected chi connectivity index (χ3v) is 9.04. The third-order valence-electron chi connectivity index (χ3n) is 9.04. The van der Waals surface area contributed by atoms with E-state index < -0.39 is 0 Å². The molecular formula is C47H38N2. The van der Waals surface area contributed by atoms with Gasteiger partial charge in [-0.3, -0.25) is 0 Å². The lowest BCUT2D eigenvalue weighted by molar-refractivity contribution is 1.21. The van der Waals surface area contributed by atoms with Gasteiger partial charge in [0.15, 0.2) is 0 Å². The summed E-state index contributed by atoms with van der Waals surface area (Å²) in [6.45, 7) is 7.84. The molecule has 2 nitrogen and oxygen atoms in total. The second-order valence-corrected chi connectivity index (χ2v) is 12.0. The first kappa shape index (κ1) is 31.2. The van der Waals surface area contributed by atoms with E-state index in [0.29, 0.717) is 0 Å². The maximum absolute atomic E-state index is 3.98. The molecule has 0 fully saturated rings. The Bertz CT molecular complexity index is 2230. The Morgan fingerprint density at radius 3 is 1.43 bits per heavy atom. The lowest BCUT2D eigenvalue weighted by atomic mass is 10.0. The van der Waals surface area contributed by atoms with E-state index in [1.165, 1.54) is 33.0 Å². The normalized spacial score (nSPS) is 11.2. The second kappa shape index (κ2) is 14.2. The van der Waals surface area contributed by atoms with Crippen molar-refractivity contribution in [3.8, 4) is 22.3 Å². The summed E-state index contributed by atoms with van der Waals surface area (Å²) >= 11 is 0. The van der Waals surface area contributed by atoms with Crippen LogP contribution in [0, 0.1) is 0 Å². The van der Waals surface area contributed by atoms with Crippen LogP contribution in [0.3, 0.4) is 0 Å². The van der Waals surface area contributed by atoms with Gasteiger partial charge < -0.3 is 9.80 Å². The molecule has 0 aliphatic heterocycles. The summed E-state index contributed by atoms with van der Waals surface area (Å²) < 4.78 is 0. The number of hydrogen-bond donors (Lipinski definition) is 0. The zero-order chi connectivity index (χ0) is 33.6. The van der Waals surface area contributed by atoms with Gasteiger partial charge in [-0.1, -0.05) is 141 Å². The van der Waals surface area contributed by atoms with Crippen LogP contribution in [0.1, 0.15) is 5.56 Å². The summed E-state index contributed by atoms with van der Waals surface area (Å²) in [4.78, 5) is 4.53. The molecule has 0 aliphatic carbocycles. The van der Waals surface area contributed by atoms with E-state index in [1.807, 2.05) is 18.2 Å². The summed E-state index contributed by atoms with van der Waals surface area (Å²) in [5, 5.41) is 2.43. The first-order chi connectivity index (χ1) is 24.1. The standard InChI is InChI=1S/C47H38N2/c1-4-11-35(5-2)38-20-29-45(30-21-38)49(47-33-24-37-14-9-10-15-42(37)34-47)46-31-22-41(23-32-46)40-18-27-44(28-19-40)48(3)43-25-16-39(17-26-43)36-12-7-6-8-13-36/h4-34H,1-2H2,3H3/b35-11+. The Kier molecular flexibility index (Phi) is 9.03. The highest BCUT2D eigenvalue weighted by Gasteiger charge is 2.14. The van der Waals surface area contributed by atoms with Crippen LogP contribution in [-0.2, 0) is 0 Å². The van der Waals surface area contributed by atoms with Crippen molar-refractivity contribution in [2.24, 2.45) is 0 Å². The van der Waals surface area contributed by atoms with Gasteiger partial charge in [0.2, 0.25) is 0 Å². The summed E-state index contributed by atoms with van der Waals surface area (Å²) in [5.41, 5.74) is 12.5. The van der Waals surface area contributed by atoms with Crippen LogP contribution in [0.4, 0.5) is 28.4 Å². The van der Waals surface area contributed by atoms with Crippen molar-refractivity contribution in [2.45, 2.75) is 0 Å². The lowest BCUT2D eigenvalue weighted by Crippen LogP contribution is -2.10. The van der Waals surface area contributed by atoms with E-state index in [9.17, 15) is 0 Å². The van der Waals surface area contributed by atoms with E-state index in [2.05, 4.69) is 194 Å². The average Bonchev–Trinajstić information content (AvgIpc) is 3.18. The van der Waals surface area contributed by atoms with Gasteiger partial charge in [0.1, 0.15) is 0 Å². The van der Waals surface area contributed by atoms with Crippen molar-refractivity contribution < 1.29 is 0 Å². The molecule has 0 aliphatic rings. The van der Waals surface area contributed by atoms with Crippen molar-refractivity contribution in [1.82, 2.24) is 0 Å². The van der Waals surface area contributed by atoms with Crippen LogP contribution in [-0.4, -0.2) is 7.05 Å². The molecule has 0 unspecified atom stereocenters. The highest BCUT2D eigenvalue weighted by atomic mass is 15.1. The molecule has 49 heavy (non-hydrogen) atoms. The molecule has 7 aromatic carbocycles. The molecule has 236 valence electrons. The smallest absolute Gasteiger partial charge is 0.0468 e. The fraction of sp³-hybridized carbons (Fsp3) is 0.0213. The predicted octanol–water partition coefficient (Wildman–Crippen LogP) is 13.2. The Hall–Kier alpha value is -6.38. The van der Waals surface area contributed by atoms with Gasteiger partial charge in [0.05, 0.1) is 0 Å². The zero-order valence-corrected chi connectivity index (χ0v) is 27.7. The van der Waals surface area contributed by atoms with Crippen LogP contribution < -0.4 is 9.80 Å². The largest absolute Gasteiger partial charge is 0.345 e. The molecule has 0 amide bonds. The van der Waals surface area contributed by atoms with Crippen LogP contribution >= 0.6 is 0 Å². The minimum atomic E-state index is 1.04. The van der Waals surface area contributed by atoms with Gasteiger partial charge >= 0.3 is 0 Å². The van der Waals surface area contributed by atoms with Crippen LogP contribution in [0.5, 0.6) is 0 Å². The summed E-state index contributed by atoms with van der Waals surface area (Å²) in [6.07, 6.45) is 5.64. The number of anilines is 5. The number of hydrogen-bond acceptors (Lipinski definition) is 2. The molecule has 0 saturated carbocycles. The number of nitrogens with zero attached hydrogens (tertiary/aromatic N) is 2. The van der Waals surface area contributed by atoms with E-state index in [4.69, 9.17) is 0 Å². The second-order valence-electron chi connectivity index (χ2n) is 12.0. The molecule has 2 heteroatoms. The van der Waals surface area contributed by atoms with E-state index in [-0.39, 0.29) is 0 Å². The Morgan fingerprint density at radius 1 is 0.449 bits per heavy atom. The maximum Gasteiger partial charge on any atom is 0.0468 e. The van der Waals surface area contributed by atoms with Gasteiger partial charge in [0, 0.05) is 35.5 Å². The molecule has 0 spiro atoms. The van der Waals surface area contributed by atoms with Gasteiger partial charge in [-0.25, -0.2) is 0 Å². The average molecular weight is 631 g/mol. The molecule has 7 aromatic rings. The highest BCUT2D eigenvalue weighted by Crippen LogP contribution is 2.38. The fourth-order valence-electron chi connectivity index (χ4n) is 6.31. The summed E-state index contributed by atoms with van der Waals surface area (Å²) in [6, 6.07) is 60.6. The lowest BCUT2D eigenvalue weighted by Gasteiger charge is -2.26. The van der Waals surface area contributed by atoms with Crippen LogP contribution in [0.25, 0.3) is 38.6 Å². The Morgan fingerprint density at radius 2 is 0.898 bits per heavy atom. The van der Waals surface area contributed by atoms with Gasteiger partial charge in [-0.05, 0) is 105 Å². The zero-order valence-electron chi connectivity index (χ0n) is 27.7. The predicted molar refractivity (Wildman–Crippen MR) is 212 cm³/mol. The quantitative estimate of drug-likeness (QED) is 0.139. The molecule has 0 radical (unpaired) electrons. The highest BCUT2D eigenvalue weighted by molar-refractivity contribution is 5.90. The Balaban J connectivity index is 1.15. The third kappa shape index (κ3) is 6.72. The molecule has 0 bridgehead atoms. The molecule has 0 N–H and O–H groups in total. The van der Waals surface area contributed by atoms with Gasteiger partial charge in [-0.15, -0.1) is 0 Å². The van der Waals surface area contributed by atoms with Crippen molar-refractivity contribution in [2.75, 3.05) is 16.8 Å². The van der Waals surface area contributed by atoms with Crippen LogP contribution in [0.2, 0.25) is 0 Å². The summed E-state index contributed by atoms with van der Waals surface area (Å²) in [5.74, 6) is 0. The number of allylic oxidation sites excluding steroid dienone is 4. The molecule has 0 saturated heterocycles. The van der Waals surface area contributed by atoms with Gasteiger partial charge in [0.25, 0.3) is 0 Å². The molecule has 7 rings (SSSR count). The van der Waals surface area contributed by atoms with Crippen molar-refractivity contribution in [1.29, 1.82) is 0 Å². The van der Waals surface area contributed by atoms with E-state index in [0.717, 1.165) is 39.6 Å². The van der Waals surface area contributed by atoms with Crippen molar-refractivity contribution in [3.63, 3.8) is 0 Å². The van der Waals surface area contributed by atoms with E-state index in [1.54, 1.807) is 6.08 Å². The Labute approximate surface area is 289 Å². The molecule has 0 atom stereocenters. The van der Waals surface area contributed by atoms with Crippen LogP contribution in [0.15, 0.2) is 201 Å². The van der Waals surface area contributed by atoms with E-state index >= 15 is 0 Å². The first-order valence-electron chi connectivity index (χ1n) is 16.6. The summed E-state index contributed by atoms with van der Waals surface area (Å²) in [7, 11) is 2.11. The van der Waals surface area contributed by atoms with Crippen molar-refractivity contribution >= 4 is 44.8 Å². The molecule has 0 heterocycles. The number of fused-ring (bicyclic) bond motifs is 1. The first-order valence-corrected chi connectivity index (χ1v) is 16.6. The van der Waals surface area contributed by atoms with Crippen molar-refractivity contribution in [3.05, 3.63) is 207 Å². The SMILES string of the molecule is C=C/C=C(\C=C)c1ccc(N(c2ccc(-c3ccc(N(C)c4ccc(-c5ccccc5)cc4)cc3)cc2)c2ccc3ccccc3c2)cc1. The molecule has 0 aromatic heterocycles. The minimum Gasteiger partial charge on any atom is -0.345 e. The fourth-order valence-corrected chi connectivity index (χ4v) is 6.31. The monoisotopic (exact) mass is 630 g/mol. The minimum absolute atomic E-state index is 1.04. The van der Waals surface area contributed by atoms with Gasteiger partial charge in [-0.2, -0.15) is 0 Å². The maximum atomic E-state index is 3.98.